The maximum absolute atomic E-state index is 11.5. The SMILES string of the molecule is O=C1CCCN1Cc1ccc(C#CCCO)s1. The van der Waals surface area contributed by atoms with Gasteiger partial charge in [-0.2, -0.15) is 0 Å². The zero-order valence-electron chi connectivity index (χ0n) is 9.61. The van der Waals surface area contributed by atoms with E-state index < -0.39 is 0 Å². The van der Waals surface area contributed by atoms with Crippen molar-refractivity contribution in [2.45, 2.75) is 25.8 Å². The van der Waals surface area contributed by atoms with Crippen molar-refractivity contribution in [3.8, 4) is 11.8 Å². The molecule has 0 spiro atoms. The molecule has 1 aromatic heterocycles. The summed E-state index contributed by atoms with van der Waals surface area (Å²) in [6, 6.07) is 4.00. The Bertz CT molecular complexity index is 455. The predicted molar refractivity (Wildman–Crippen MR) is 67.6 cm³/mol. The van der Waals surface area contributed by atoms with E-state index in [1.165, 1.54) is 4.88 Å². The van der Waals surface area contributed by atoms with Crippen LogP contribution in [-0.2, 0) is 11.3 Å². The Balaban J connectivity index is 1.94. The monoisotopic (exact) mass is 249 g/mol. The van der Waals surface area contributed by atoms with E-state index in [0.717, 1.165) is 17.8 Å². The first kappa shape index (κ1) is 12.2. The van der Waals surface area contributed by atoms with Gasteiger partial charge in [-0.05, 0) is 18.6 Å². The van der Waals surface area contributed by atoms with Gasteiger partial charge >= 0.3 is 0 Å². The molecule has 0 unspecified atom stereocenters. The van der Waals surface area contributed by atoms with E-state index >= 15 is 0 Å². The molecule has 2 rings (SSSR count). The van der Waals surface area contributed by atoms with Crippen LogP contribution in [0.4, 0.5) is 0 Å². The van der Waals surface area contributed by atoms with E-state index in [-0.39, 0.29) is 12.5 Å². The zero-order chi connectivity index (χ0) is 12.1. The maximum atomic E-state index is 11.5. The van der Waals surface area contributed by atoms with Crippen LogP contribution in [0, 0.1) is 11.8 Å². The van der Waals surface area contributed by atoms with Crippen LogP contribution in [0.1, 0.15) is 29.0 Å². The van der Waals surface area contributed by atoms with Crippen LogP contribution in [0.2, 0.25) is 0 Å². The highest BCUT2D eigenvalue weighted by Gasteiger charge is 2.20. The highest BCUT2D eigenvalue weighted by molar-refractivity contribution is 7.12. The minimum atomic E-state index is 0.105. The number of carbonyl (C=O) groups excluding carboxylic acids is 1. The average Bonchev–Trinajstić information content (AvgIpc) is 2.91. The third-order valence-corrected chi connectivity index (χ3v) is 3.61. The third-order valence-electron chi connectivity index (χ3n) is 2.63. The molecule has 1 amide bonds. The van der Waals surface area contributed by atoms with Crippen molar-refractivity contribution in [3.05, 3.63) is 21.9 Å². The molecule has 4 heteroatoms. The minimum absolute atomic E-state index is 0.105. The molecule has 1 aliphatic rings. The summed E-state index contributed by atoms with van der Waals surface area (Å²) < 4.78 is 0. The van der Waals surface area contributed by atoms with Crippen molar-refractivity contribution >= 4 is 17.2 Å². The summed E-state index contributed by atoms with van der Waals surface area (Å²) in [5.41, 5.74) is 0. The van der Waals surface area contributed by atoms with Gasteiger partial charge in [-0.1, -0.05) is 11.8 Å². The Kier molecular flexibility index (Phi) is 4.18. The standard InChI is InChI=1S/C13H15NO2S/c15-9-2-1-4-11-6-7-12(17-11)10-14-8-3-5-13(14)16/h6-7,15H,2-3,5,8-10H2. The van der Waals surface area contributed by atoms with Gasteiger partial charge in [-0.3, -0.25) is 4.79 Å². The number of nitrogens with zero attached hydrogens (tertiary/aromatic N) is 1. The molecule has 0 atom stereocenters. The van der Waals surface area contributed by atoms with Gasteiger partial charge in [0.25, 0.3) is 0 Å². The number of rotatable bonds is 3. The van der Waals surface area contributed by atoms with Gasteiger partial charge in [0.1, 0.15) is 0 Å². The quantitative estimate of drug-likeness (QED) is 0.827. The Morgan fingerprint density at radius 1 is 1.47 bits per heavy atom. The first-order valence-corrected chi connectivity index (χ1v) is 6.57. The van der Waals surface area contributed by atoms with Crippen molar-refractivity contribution in [3.63, 3.8) is 0 Å². The third kappa shape index (κ3) is 3.32. The zero-order valence-corrected chi connectivity index (χ0v) is 10.4. The lowest BCUT2D eigenvalue weighted by molar-refractivity contribution is -0.128. The number of aliphatic hydroxyl groups excluding tert-OH is 1. The van der Waals surface area contributed by atoms with E-state index in [2.05, 4.69) is 11.8 Å². The smallest absolute Gasteiger partial charge is 0.222 e. The fraction of sp³-hybridized carbons (Fsp3) is 0.462. The lowest BCUT2D eigenvalue weighted by Gasteiger charge is -2.13. The number of likely N-dealkylation sites (tertiary alicyclic amines) is 1. The summed E-state index contributed by atoms with van der Waals surface area (Å²) in [6.07, 6.45) is 2.18. The van der Waals surface area contributed by atoms with Gasteiger partial charge in [0, 0.05) is 24.3 Å². The van der Waals surface area contributed by atoms with Crippen molar-refractivity contribution in [1.29, 1.82) is 0 Å². The number of carbonyl (C=O) groups is 1. The van der Waals surface area contributed by atoms with Gasteiger partial charge in [-0.15, -0.1) is 11.3 Å². The summed E-state index contributed by atoms with van der Waals surface area (Å²) in [4.78, 5) is 15.5. The second-order valence-electron chi connectivity index (χ2n) is 3.96. The van der Waals surface area contributed by atoms with Crippen molar-refractivity contribution in [1.82, 2.24) is 4.90 Å². The van der Waals surface area contributed by atoms with Crippen LogP contribution in [0.25, 0.3) is 0 Å². The van der Waals surface area contributed by atoms with E-state index in [9.17, 15) is 4.79 Å². The second kappa shape index (κ2) is 5.85. The highest BCUT2D eigenvalue weighted by atomic mass is 32.1. The summed E-state index contributed by atoms with van der Waals surface area (Å²) in [6.45, 7) is 1.70. The molecule has 0 bridgehead atoms. The molecule has 17 heavy (non-hydrogen) atoms. The molecule has 1 aromatic rings. The number of thiophene rings is 1. The topological polar surface area (TPSA) is 40.5 Å². The van der Waals surface area contributed by atoms with Crippen LogP contribution in [0.5, 0.6) is 0 Å². The van der Waals surface area contributed by atoms with Crippen LogP contribution >= 0.6 is 11.3 Å². The second-order valence-corrected chi connectivity index (χ2v) is 5.13. The molecule has 0 saturated carbocycles. The number of aliphatic hydroxyl groups is 1. The van der Waals surface area contributed by atoms with Crippen molar-refractivity contribution in [2.75, 3.05) is 13.2 Å². The summed E-state index contributed by atoms with van der Waals surface area (Å²) in [5.74, 6) is 6.16. The van der Waals surface area contributed by atoms with Crippen LogP contribution in [-0.4, -0.2) is 29.1 Å². The van der Waals surface area contributed by atoms with E-state index in [4.69, 9.17) is 5.11 Å². The first-order valence-electron chi connectivity index (χ1n) is 5.76. The van der Waals surface area contributed by atoms with Crippen LogP contribution < -0.4 is 0 Å². The summed E-state index contributed by atoms with van der Waals surface area (Å²) in [5, 5.41) is 8.63. The molecular weight excluding hydrogens is 234 g/mol. The molecule has 90 valence electrons. The summed E-state index contributed by atoms with van der Waals surface area (Å²) in [7, 11) is 0. The lowest BCUT2D eigenvalue weighted by Crippen LogP contribution is -2.23. The number of hydrogen-bond acceptors (Lipinski definition) is 3. The normalized spacial score (nSPS) is 14.9. The molecule has 1 fully saturated rings. The Hall–Kier alpha value is -1.31. The minimum Gasteiger partial charge on any atom is -0.395 e. The predicted octanol–water partition coefficient (Wildman–Crippen LogP) is 1.60. The number of hydrogen-bond donors (Lipinski definition) is 1. The molecule has 1 N–H and O–H groups in total. The fourth-order valence-corrected chi connectivity index (χ4v) is 2.69. The lowest BCUT2D eigenvalue weighted by atomic mass is 10.4. The molecule has 3 nitrogen and oxygen atoms in total. The van der Waals surface area contributed by atoms with Crippen LogP contribution in [0.3, 0.4) is 0 Å². The van der Waals surface area contributed by atoms with Crippen molar-refractivity contribution < 1.29 is 9.90 Å². The largest absolute Gasteiger partial charge is 0.395 e. The molecule has 2 heterocycles. The summed E-state index contributed by atoms with van der Waals surface area (Å²) >= 11 is 1.62. The molecule has 0 aliphatic carbocycles. The molecule has 1 saturated heterocycles. The maximum Gasteiger partial charge on any atom is 0.222 e. The van der Waals surface area contributed by atoms with Gasteiger partial charge in [0.15, 0.2) is 0 Å². The highest BCUT2D eigenvalue weighted by Crippen LogP contribution is 2.20. The Morgan fingerprint density at radius 3 is 3.06 bits per heavy atom. The Morgan fingerprint density at radius 2 is 2.35 bits per heavy atom. The van der Waals surface area contributed by atoms with Gasteiger partial charge in [0.05, 0.1) is 18.0 Å². The molecule has 0 radical (unpaired) electrons. The molecule has 0 aromatic carbocycles. The fourth-order valence-electron chi connectivity index (χ4n) is 1.79. The van der Waals surface area contributed by atoms with E-state index in [0.29, 0.717) is 19.4 Å². The van der Waals surface area contributed by atoms with Crippen LogP contribution in [0.15, 0.2) is 12.1 Å². The van der Waals surface area contributed by atoms with Gasteiger partial charge in [0.2, 0.25) is 5.91 Å². The molecular formula is C13H15NO2S. The van der Waals surface area contributed by atoms with Gasteiger partial charge < -0.3 is 10.0 Å². The Labute approximate surface area is 105 Å². The number of amides is 1. The van der Waals surface area contributed by atoms with Crippen molar-refractivity contribution in [2.24, 2.45) is 0 Å². The molecule has 1 aliphatic heterocycles. The average molecular weight is 249 g/mol. The van der Waals surface area contributed by atoms with E-state index in [1.807, 2.05) is 17.0 Å². The van der Waals surface area contributed by atoms with E-state index in [1.54, 1.807) is 11.3 Å². The first-order chi connectivity index (χ1) is 8.29. The van der Waals surface area contributed by atoms with Gasteiger partial charge in [-0.25, -0.2) is 0 Å².